The molecule has 0 radical (unpaired) electrons. The van der Waals surface area contributed by atoms with Gasteiger partial charge in [-0.25, -0.2) is 0 Å². The van der Waals surface area contributed by atoms with Crippen LogP contribution in [-0.4, -0.2) is 23.3 Å². The zero-order chi connectivity index (χ0) is 15.0. The van der Waals surface area contributed by atoms with Crippen LogP contribution in [-0.2, 0) is 4.79 Å². The fourth-order valence-corrected chi connectivity index (χ4v) is 1.24. The van der Waals surface area contributed by atoms with E-state index in [0.29, 0.717) is 10.6 Å². The Balaban J connectivity index is 2.66. The third-order valence-electron chi connectivity index (χ3n) is 2.47. The number of terminal acetylenes is 1. The minimum absolute atomic E-state index is 0.158. The van der Waals surface area contributed by atoms with Crippen LogP contribution in [0.5, 0.6) is 5.75 Å². The van der Waals surface area contributed by atoms with Gasteiger partial charge in [0.25, 0.3) is 0 Å². The van der Waals surface area contributed by atoms with Crippen LogP contribution < -0.4 is 4.74 Å². The highest BCUT2D eigenvalue weighted by molar-refractivity contribution is 5.80. The number of ketones is 1. The average molecular weight is 272 g/mol. The van der Waals surface area contributed by atoms with Crippen LogP contribution in [0.3, 0.4) is 0 Å². The molecule has 0 bridgehead atoms. The molecule has 0 aromatic heterocycles. The Kier molecular flexibility index (Phi) is 5.98. The number of benzene rings is 1. The maximum Gasteiger partial charge on any atom is 0.210 e. The second-order valence-electron chi connectivity index (χ2n) is 4.08. The van der Waals surface area contributed by atoms with Gasteiger partial charge >= 0.3 is 0 Å². The van der Waals surface area contributed by atoms with E-state index >= 15 is 0 Å². The lowest BCUT2D eigenvalue weighted by atomic mass is 10.2. The maximum atomic E-state index is 11.4. The second kappa shape index (κ2) is 7.74. The number of rotatable bonds is 6. The van der Waals surface area contributed by atoms with Gasteiger partial charge in [0.1, 0.15) is 12.4 Å². The van der Waals surface area contributed by atoms with Crippen molar-refractivity contribution >= 4 is 11.9 Å². The molecule has 1 unspecified atom stereocenters. The topological polar surface area (TPSA) is 64.7 Å². The van der Waals surface area contributed by atoms with E-state index in [1.165, 1.54) is 13.1 Å². The summed E-state index contributed by atoms with van der Waals surface area (Å²) in [6.45, 7) is 3.17. The van der Waals surface area contributed by atoms with Crippen LogP contribution >= 0.6 is 0 Å². The minimum atomic E-state index is -0.642. The molecule has 5 heteroatoms. The molecule has 1 aromatic carbocycles. The summed E-state index contributed by atoms with van der Waals surface area (Å²) in [6, 6.07) is 6.43. The van der Waals surface area contributed by atoms with Gasteiger partial charge in [-0.1, -0.05) is 22.9 Å². The number of azo groups is 1. The van der Waals surface area contributed by atoms with Gasteiger partial charge in [-0.05, 0) is 36.7 Å². The molecule has 104 valence electrons. The molecule has 0 fully saturated rings. The largest absolute Gasteiger partial charge is 0.595 e. The Labute approximate surface area is 118 Å². The van der Waals surface area contributed by atoms with Gasteiger partial charge in [0.2, 0.25) is 6.20 Å². The zero-order valence-electron chi connectivity index (χ0n) is 11.4. The Hall–Kier alpha value is -2.61. The van der Waals surface area contributed by atoms with Crippen LogP contribution in [0.2, 0.25) is 0 Å². The first-order chi connectivity index (χ1) is 9.52. The van der Waals surface area contributed by atoms with Crippen LogP contribution in [0.25, 0.3) is 6.08 Å². The summed E-state index contributed by atoms with van der Waals surface area (Å²) < 4.78 is 5.23. The summed E-state index contributed by atoms with van der Waals surface area (Å²) in [7, 11) is 0. The van der Waals surface area contributed by atoms with Crippen molar-refractivity contribution < 1.29 is 14.4 Å². The molecular formula is C15H16N2O3. The number of nitrogens with zero attached hydrogens (tertiary/aromatic N) is 2. The summed E-state index contributed by atoms with van der Waals surface area (Å²) in [5.41, 5.74) is 0.810. The maximum absolute atomic E-state index is 11.4. The van der Waals surface area contributed by atoms with Crippen molar-refractivity contribution in [2.24, 2.45) is 5.11 Å². The first-order valence-electron chi connectivity index (χ1n) is 6.05. The van der Waals surface area contributed by atoms with Gasteiger partial charge in [0, 0.05) is 6.08 Å². The van der Waals surface area contributed by atoms with Crippen molar-refractivity contribution in [2.75, 3.05) is 6.61 Å². The van der Waals surface area contributed by atoms with Crippen molar-refractivity contribution in [1.82, 2.24) is 0 Å². The predicted molar refractivity (Wildman–Crippen MR) is 76.0 cm³/mol. The fraction of sp³-hybridized carbons (Fsp3) is 0.267. The minimum Gasteiger partial charge on any atom is -0.595 e. The normalized spacial score (nSPS) is 12.9. The van der Waals surface area contributed by atoms with Crippen LogP contribution in [0.4, 0.5) is 0 Å². The van der Waals surface area contributed by atoms with E-state index in [1.54, 1.807) is 37.3 Å². The average Bonchev–Trinajstić information content (AvgIpc) is 2.43. The number of carbonyl (C=O) groups is 1. The fourth-order valence-electron chi connectivity index (χ4n) is 1.24. The monoisotopic (exact) mass is 272 g/mol. The van der Waals surface area contributed by atoms with Gasteiger partial charge < -0.3 is 9.94 Å². The third-order valence-corrected chi connectivity index (χ3v) is 2.47. The van der Waals surface area contributed by atoms with E-state index in [9.17, 15) is 10.0 Å². The second-order valence-corrected chi connectivity index (χ2v) is 4.08. The van der Waals surface area contributed by atoms with E-state index in [-0.39, 0.29) is 12.4 Å². The molecule has 0 aliphatic carbocycles. The number of hydrogen-bond acceptors (Lipinski definition) is 4. The Morgan fingerprint density at radius 3 is 2.75 bits per heavy atom. The summed E-state index contributed by atoms with van der Waals surface area (Å²) >= 11 is 0. The van der Waals surface area contributed by atoms with Crippen molar-refractivity contribution in [1.29, 1.82) is 0 Å². The molecular weight excluding hydrogens is 256 g/mol. The lowest BCUT2D eigenvalue weighted by molar-refractivity contribution is -0.459. The van der Waals surface area contributed by atoms with Crippen molar-refractivity contribution in [3.63, 3.8) is 0 Å². The first kappa shape index (κ1) is 15.4. The smallest absolute Gasteiger partial charge is 0.210 e. The van der Waals surface area contributed by atoms with Gasteiger partial charge in [0.05, 0.1) is 0 Å². The number of ether oxygens (including phenoxy) is 1. The van der Waals surface area contributed by atoms with Gasteiger partial charge in [-0.3, -0.25) is 4.79 Å². The highest BCUT2D eigenvalue weighted by Gasteiger charge is 2.08. The van der Waals surface area contributed by atoms with Crippen LogP contribution in [0.15, 0.2) is 35.6 Å². The number of Topliss-reactive ketones (excluding diaryl/α,β-unsaturated/α-hetero) is 1. The van der Waals surface area contributed by atoms with E-state index in [2.05, 4.69) is 11.0 Å². The highest BCUT2D eigenvalue weighted by atomic mass is 16.5. The molecule has 0 aliphatic heterocycles. The molecule has 0 spiro atoms. The Morgan fingerprint density at radius 2 is 2.20 bits per heavy atom. The van der Waals surface area contributed by atoms with Gasteiger partial charge in [0.15, 0.2) is 11.8 Å². The lowest BCUT2D eigenvalue weighted by Crippen LogP contribution is -2.12. The summed E-state index contributed by atoms with van der Waals surface area (Å²) in [4.78, 5) is 11.3. The summed E-state index contributed by atoms with van der Waals surface area (Å²) in [5, 5.41) is 15.0. The molecule has 0 saturated heterocycles. The Morgan fingerprint density at radius 1 is 1.55 bits per heavy atom. The predicted octanol–water partition coefficient (Wildman–Crippen LogP) is 2.61. The van der Waals surface area contributed by atoms with Crippen molar-refractivity contribution in [2.45, 2.75) is 19.9 Å². The molecule has 0 heterocycles. The van der Waals surface area contributed by atoms with Gasteiger partial charge in [-0.15, -0.1) is 6.42 Å². The van der Waals surface area contributed by atoms with E-state index in [1.807, 2.05) is 0 Å². The summed E-state index contributed by atoms with van der Waals surface area (Å²) in [5.74, 6) is 2.88. The number of hydrogen-bond donors (Lipinski definition) is 0. The van der Waals surface area contributed by atoms with E-state index < -0.39 is 6.04 Å². The third kappa shape index (κ3) is 5.36. The standard InChI is InChI=1S/C15H16N2O3/c1-4-11-20-15-7-5-14(6-8-15)9-10-17(19)16-12(2)13(3)18/h1,5-10,12H,11H2,2-3H3. The molecule has 0 aliphatic rings. The summed E-state index contributed by atoms with van der Waals surface area (Å²) in [6.07, 6.45) is 7.93. The van der Waals surface area contributed by atoms with Crippen LogP contribution in [0, 0.1) is 17.6 Å². The van der Waals surface area contributed by atoms with E-state index in [0.717, 1.165) is 5.56 Å². The molecule has 0 N–H and O–H groups in total. The zero-order valence-corrected chi connectivity index (χ0v) is 11.4. The quantitative estimate of drug-likeness (QED) is 0.346. The molecule has 0 saturated carbocycles. The number of carbonyl (C=O) groups excluding carboxylic acids is 1. The van der Waals surface area contributed by atoms with Crippen LogP contribution in [0.1, 0.15) is 19.4 Å². The Bertz CT molecular complexity index is 553. The molecule has 20 heavy (non-hydrogen) atoms. The molecule has 0 amide bonds. The number of hydroxylamine groups is 1. The molecule has 1 aromatic rings. The van der Waals surface area contributed by atoms with Crippen molar-refractivity contribution in [3.8, 4) is 18.1 Å². The molecule has 5 nitrogen and oxygen atoms in total. The molecule has 1 atom stereocenters. The SMILES string of the molecule is C#CCOc1ccc(C=C[N+]([O-])=NC(C)C(C)=O)cc1. The lowest BCUT2D eigenvalue weighted by Gasteiger charge is -2.01. The van der Waals surface area contributed by atoms with E-state index in [4.69, 9.17) is 11.2 Å². The van der Waals surface area contributed by atoms with Crippen molar-refractivity contribution in [3.05, 3.63) is 41.2 Å². The molecule has 1 rings (SSSR count). The van der Waals surface area contributed by atoms with Gasteiger partial charge in [-0.2, -0.15) is 0 Å². The first-order valence-corrected chi connectivity index (χ1v) is 6.05. The highest BCUT2D eigenvalue weighted by Crippen LogP contribution is 2.13.